The smallest absolute Gasteiger partial charge is 0.238 e. The Kier molecular flexibility index (Phi) is 7.57. The number of nitrogens with one attached hydrogen (secondary N) is 2. The minimum atomic E-state index is -0.151. The molecule has 0 aliphatic rings. The number of hydrogen-bond donors (Lipinski definition) is 2. The van der Waals surface area contributed by atoms with Crippen LogP contribution in [0.15, 0.2) is 42.5 Å². The fourth-order valence-corrected chi connectivity index (χ4v) is 2.23. The van der Waals surface area contributed by atoms with E-state index in [4.69, 9.17) is 18.9 Å². The number of methoxy groups -OCH3 is 3. The van der Waals surface area contributed by atoms with Crippen LogP contribution in [0.1, 0.15) is 0 Å². The number of ether oxygens (including phenoxy) is 4. The Labute approximate surface area is 153 Å². The summed E-state index contributed by atoms with van der Waals surface area (Å²) in [4.78, 5) is 12.0. The van der Waals surface area contributed by atoms with Gasteiger partial charge in [-0.15, -0.1) is 0 Å². The number of hydrogen-bond acceptors (Lipinski definition) is 6. The van der Waals surface area contributed by atoms with Gasteiger partial charge in [0.15, 0.2) is 11.5 Å². The van der Waals surface area contributed by atoms with Crippen LogP contribution in [0, 0.1) is 0 Å². The molecule has 0 aromatic heterocycles. The molecule has 0 aliphatic heterocycles. The second-order valence-electron chi connectivity index (χ2n) is 5.32. The van der Waals surface area contributed by atoms with E-state index in [9.17, 15) is 4.79 Å². The maximum Gasteiger partial charge on any atom is 0.238 e. The summed E-state index contributed by atoms with van der Waals surface area (Å²) in [5, 5.41) is 5.83. The standard InChI is InChI=1S/C19H24N2O5/c1-23-15-5-7-16(8-6-15)26-11-10-20-13-19(22)21-14-4-9-17(24-2)18(12-14)25-3/h4-9,12,20H,10-11,13H2,1-3H3,(H,21,22). The Bertz CT molecular complexity index is 704. The normalized spacial score (nSPS) is 10.1. The summed E-state index contributed by atoms with van der Waals surface area (Å²) < 4.78 is 21.0. The minimum absolute atomic E-state index is 0.151. The van der Waals surface area contributed by atoms with Crippen molar-refractivity contribution < 1.29 is 23.7 Å². The first-order chi connectivity index (χ1) is 12.7. The molecule has 1 amide bonds. The monoisotopic (exact) mass is 360 g/mol. The topological polar surface area (TPSA) is 78.1 Å². The van der Waals surface area contributed by atoms with Crippen molar-refractivity contribution in [3.05, 3.63) is 42.5 Å². The number of amides is 1. The van der Waals surface area contributed by atoms with Crippen molar-refractivity contribution >= 4 is 11.6 Å². The SMILES string of the molecule is COc1ccc(OCCNCC(=O)Nc2ccc(OC)c(OC)c2)cc1. The number of carbonyl (C=O) groups is 1. The van der Waals surface area contributed by atoms with Gasteiger partial charge in [0.1, 0.15) is 18.1 Å². The molecule has 0 radical (unpaired) electrons. The second-order valence-corrected chi connectivity index (χ2v) is 5.32. The van der Waals surface area contributed by atoms with Crippen LogP contribution in [-0.4, -0.2) is 46.9 Å². The zero-order valence-electron chi connectivity index (χ0n) is 15.2. The fraction of sp³-hybridized carbons (Fsp3) is 0.316. The molecule has 2 N–H and O–H groups in total. The average molecular weight is 360 g/mol. The summed E-state index contributed by atoms with van der Waals surface area (Å²) in [6, 6.07) is 12.5. The van der Waals surface area contributed by atoms with Crippen LogP contribution in [0.5, 0.6) is 23.0 Å². The van der Waals surface area contributed by atoms with Gasteiger partial charge in [-0.3, -0.25) is 4.79 Å². The third kappa shape index (κ3) is 5.86. The number of carbonyl (C=O) groups excluding carboxylic acids is 1. The van der Waals surface area contributed by atoms with Gasteiger partial charge in [-0.1, -0.05) is 0 Å². The lowest BCUT2D eigenvalue weighted by Crippen LogP contribution is -2.31. The molecule has 0 fully saturated rings. The summed E-state index contributed by atoms with van der Waals surface area (Å²) in [6.45, 7) is 1.18. The quantitative estimate of drug-likeness (QED) is 0.633. The van der Waals surface area contributed by atoms with Crippen molar-refractivity contribution in [2.45, 2.75) is 0 Å². The summed E-state index contributed by atoms with van der Waals surface area (Å²) in [5.41, 5.74) is 0.643. The first-order valence-corrected chi connectivity index (χ1v) is 8.15. The Morgan fingerprint density at radius 1 is 0.885 bits per heavy atom. The third-order valence-corrected chi connectivity index (χ3v) is 3.56. The Morgan fingerprint density at radius 2 is 1.58 bits per heavy atom. The molecule has 2 aromatic rings. The van der Waals surface area contributed by atoms with Crippen LogP contribution in [0.4, 0.5) is 5.69 Å². The minimum Gasteiger partial charge on any atom is -0.497 e. The summed E-state index contributed by atoms with van der Waals surface area (Å²) in [5.74, 6) is 2.55. The Morgan fingerprint density at radius 3 is 2.23 bits per heavy atom. The van der Waals surface area contributed by atoms with Gasteiger partial charge in [-0.2, -0.15) is 0 Å². The number of rotatable bonds is 10. The van der Waals surface area contributed by atoms with Crippen molar-refractivity contribution in [2.24, 2.45) is 0 Å². The summed E-state index contributed by atoms with van der Waals surface area (Å²) in [6.07, 6.45) is 0. The molecule has 7 heteroatoms. The molecule has 26 heavy (non-hydrogen) atoms. The number of benzene rings is 2. The Hall–Kier alpha value is -2.93. The van der Waals surface area contributed by atoms with Gasteiger partial charge in [-0.05, 0) is 36.4 Å². The lowest BCUT2D eigenvalue weighted by atomic mass is 10.2. The highest BCUT2D eigenvalue weighted by molar-refractivity contribution is 5.92. The van der Waals surface area contributed by atoms with E-state index >= 15 is 0 Å². The largest absolute Gasteiger partial charge is 0.497 e. The van der Waals surface area contributed by atoms with Crippen LogP contribution in [0.25, 0.3) is 0 Å². The molecule has 0 aliphatic carbocycles. The average Bonchev–Trinajstić information content (AvgIpc) is 2.68. The first kappa shape index (κ1) is 19.4. The van der Waals surface area contributed by atoms with E-state index in [-0.39, 0.29) is 12.5 Å². The highest BCUT2D eigenvalue weighted by Gasteiger charge is 2.07. The molecular weight excluding hydrogens is 336 g/mol. The van der Waals surface area contributed by atoms with Gasteiger partial charge in [0.25, 0.3) is 0 Å². The van der Waals surface area contributed by atoms with Crippen LogP contribution in [0.2, 0.25) is 0 Å². The van der Waals surface area contributed by atoms with Gasteiger partial charge in [0.05, 0.1) is 27.9 Å². The second kappa shape index (κ2) is 10.1. The highest BCUT2D eigenvalue weighted by atomic mass is 16.5. The molecule has 140 valence electrons. The summed E-state index contributed by atoms with van der Waals surface area (Å²) >= 11 is 0. The van der Waals surface area contributed by atoms with Crippen LogP contribution in [-0.2, 0) is 4.79 Å². The molecule has 0 bridgehead atoms. The van der Waals surface area contributed by atoms with Gasteiger partial charge in [0.2, 0.25) is 5.91 Å². The predicted molar refractivity (Wildman–Crippen MR) is 99.5 cm³/mol. The van der Waals surface area contributed by atoms with Crippen molar-refractivity contribution in [3.63, 3.8) is 0 Å². The van der Waals surface area contributed by atoms with Gasteiger partial charge in [-0.25, -0.2) is 0 Å². The third-order valence-electron chi connectivity index (χ3n) is 3.56. The molecule has 2 rings (SSSR count). The maximum atomic E-state index is 12.0. The molecule has 0 spiro atoms. The first-order valence-electron chi connectivity index (χ1n) is 8.15. The van der Waals surface area contributed by atoms with Crippen molar-refractivity contribution in [3.8, 4) is 23.0 Å². The molecule has 0 heterocycles. The molecule has 7 nitrogen and oxygen atoms in total. The van der Waals surface area contributed by atoms with E-state index in [0.29, 0.717) is 30.3 Å². The zero-order chi connectivity index (χ0) is 18.8. The van der Waals surface area contributed by atoms with Crippen LogP contribution >= 0.6 is 0 Å². The fourth-order valence-electron chi connectivity index (χ4n) is 2.23. The van der Waals surface area contributed by atoms with E-state index < -0.39 is 0 Å². The van der Waals surface area contributed by atoms with Crippen molar-refractivity contribution in [1.29, 1.82) is 0 Å². The van der Waals surface area contributed by atoms with Crippen LogP contribution in [0.3, 0.4) is 0 Å². The van der Waals surface area contributed by atoms with Crippen molar-refractivity contribution in [1.82, 2.24) is 5.32 Å². The lowest BCUT2D eigenvalue weighted by molar-refractivity contribution is -0.115. The van der Waals surface area contributed by atoms with Crippen molar-refractivity contribution in [2.75, 3.05) is 46.3 Å². The lowest BCUT2D eigenvalue weighted by Gasteiger charge is -2.11. The predicted octanol–water partition coefficient (Wildman–Crippen LogP) is 2.32. The van der Waals surface area contributed by atoms with E-state index in [1.54, 1.807) is 39.5 Å². The van der Waals surface area contributed by atoms with E-state index in [0.717, 1.165) is 11.5 Å². The van der Waals surface area contributed by atoms with E-state index in [2.05, 4.69) is 10.6 Å². The molecule has 0 atom stereocenters. The van der Waals surface area contributed by atoms with Gasteiger partial charge >= 0.3 is 0 Å². The number of anilines is 1. The molecule has 0 unspecified atom stereocenters. The van der Waals surface area contributed by atoms with Gasteiger partial charge < -0.3 is 29.6 Å². The van der Waals surface area contributed by atoms with E-state index in [1.807, 2.05) is 24.3 Å². The van der Waals surface area contributed by atoms with Crippen LogP contribution < -0.4 is 29.6 Å². The molecule has 2 aromatic carbocycles. The zero-order valence-corrected chi connectivity index (χ0v) is 15.2. The molecular formula is C19H24N2O5. The van der Waals surface area contributed by atoms with E-state index in [1.165, 1.54) is 0 Å². The molecule has 0 saturated heterocycles. The highest BCUT2D eigenvalue weighted by Crippen LogP contribution is 2.29. The maximum absolute atomic E-state index is 12.0. The summed E-state index contributed by atoms with van der Waals surface area (Å²) in [7, 11) is 4.73. The molecule has 0 saturated carbocycles. The van der Waals surface area contributed by atoms with Gasteiger partial charge in [0, 0.05) is 18.3 Å². The Balaban J connectivity index is 1.68.